The Morgan fingerprint density at radius 2 is 2.27 bits per heavy atom. The van der Waals surface area contributed by atoms with Gasteiger partial charge in [-0.05, 0) is 22.0 Å². The number of aromatic nitrogens is 1. The number of H-pyrrole nitrogens is 1. The van der Waals surface area contributed by atoms with E-state index in [1.807, 2.05) is 0 Å². The van der Waals surface area contributed by atoms with Crippen molar-refractivity contribution in [3.8, 4) is 0 Å². The highest BCUT2D eigenvalue weighted by molar-refractivity contribution is 9.10. The Morgan fingerprint density at radius 1 is 1.60 bits per heavy atom. The van der Waals surface area contributed by atoms with Crippen molar-refractivity contribution in [2.24, 2.45) is 0 Å². The van der Waals surface area contributed by atoms with E-state index in [9.17, 15) is 13.2 Å². The second-order valence-corrected chi connectivity index (χ2v) is 5.30. The standard InChI is InChI=1S/C8H9BrN2O3S/c1-2-3-11-15(13,14)7-4-6(9)5-10-8(7)12/h2,4-5,11H,1,3H2,(H,10,12). The second kappa shape index (κ2) is 4.73. The maximum Gasteiger partial charge on any atom is 0.268 e. The molecule has 7 heteroatoms. The van der Waals surface area contributed by atoms with Gasteiger partial charge in [0, 0.05) is 17.2 Å². The number of rotatable bonds is 4. The summed E-state index contributed by atoms with van der Waals surface area (Å²) in [6.45, 7) is 3.45. The molecular weight excluding hydrogens is 284 g/mol. The van der Waals surface area contributed by atoms with Crippen LogP contribution in [0.1, 0.15) is 0 Å². The molecule has 0 aromatic carbocycles. The van der Waals surface area contributed by atoms with Crippen molar-refractivity contribution >= 4 is 26.0 Å². The summed E-state index contributed by atoms with van der Waals surface area (Å²) in [6, 6.07) is 1.24. The predicted octanol–water partition coefficient (Wildman–Crippen LogP) is 0.602. The van der Waals surface area contributed by atoms with E-state index < -0.39 is 15.6 Å². The predicted molar refractivity (Wildman–Crippen MR) is 60.1 cm³/mol. The van der Waals surface area contributed by atoms with Gasteiger partial charge in [-0.3, -0.25) is 4.79 Å². The number of hydrogen-bond acceptors (Lipinski definition) is 3. The van der Waals surface area contributed by atoms with Crippen LogP contribution in [-0.4, -0.2) is 19.9 Å². The molecule has 0 saturated heterocycles. The quantitative estimate of drug-likeness (QED) is 0.798. The molecular formula is C8H9BrN2O3S. The summed E-state index contributed by atoms with van der Waals surface area (Å²) < 4.78 is 25.8. The highest BCUT2D eigenvalue weighted by Gasteiger charge is 2.17. The van der Waals surface area contributed by atoms with Crippen molar-refractivity contribution in [2.45, 2.75) is 4.90 Å². The van der Waals surface area contributed by atoms with Crippen LogP contribution in [0, 0.1) is 0 Å². The molecule has 15 heavy (non-hydrogen) atoms. The molecule has 1 aromatic rings. The van der Waals surface area contributed by atoms with Crippen LogP contribution in [0.15, 0.2) is 39.1 Å². The van der Waals surface area contributed by atoms with Crippen LogP contribution in [0.25, 0.3) is 0 Å². The number of nitrogens with one attached hydrogen (secondary N) is 2. The van der Waals surface area contributed by atoms with E-state index in [4.69, 9.17) is 0 Å². The zero-order valence-electron chi connectivity index (χ0n) is 7.66. The van der Waals surface area contributed by atoms with Crippen LogP contribution < -0.4 is 10.3 Å². The zero-order valence-corrected chi connectivity index (χ0v) is 10.1. The minimum absolute atomic E-state index is 0.0777. The van der Waals surface area contributed by atoms with Gasteiger partial charge in [-0.2, -0.15) is 0 Å². The van der Waals surface area contributed by atoms with Crippen molar-refractivity contribution in [2.75, 3.05) is 6.54 Å². The SMILES string of the molecule is C=CCNS(=O)(=O)c1cc(Br)c[nH]c1=O. The van der Waals surface area contributed by atoms with Crippen LogP contribution >= 0.6 is 15.9 Å². The van der Waals surface area contributed by atoms with E-state index >= 15 is 0 Å². The average Bonchev–Trinajstić information content (AvgIpc) is 2.18. The van der Waals surface area contributed by atoms with Crippen molar-refractivity contribution in [3.05, 3.63) is 39.7 Å². The van der Waals surface area contributed by atoms with Crippen LogP contribution in [-0.2, 0) is 10.0 Å². The molecule has 1 rings (SSSR count). The fourth-order valence-corrected chi connectivity index (χ4v) is 2.46. The van der Waals surface area contributed by atoms with Crippen LogP contribution in [0.2, 0.25) is 0 Å². The number of aromatic amines is 1. The molecule has 0 spiro atoms. The summed E-state index contributed by atoms with van der Waals surface area (Å²) in [7, 11) is -3.77. The van der Waals surface area contributed by atoms with E-state index in [-0.39, 0.29) is 11.4 Å². The number of halogens is 1. The van der Waals surface area contributed by atoms with Gasteiger partial charge in [-0.15, -0.1) is 6.58 Å². The van der Waals surface area contributed by atoms with Crippen LogP contribution in [0.4, 0.5) is 0 Å². The fourth-order valence-electron chi connectivity index (χ4n) is 0.884. The molecule has 0 radical (unpaired) electrons. The Morgan fingerprint density at radius 3 is 2.87 bits per heavy atom. The molecule has 2 N–H and O–H groups in total. The van der Waals surface area contributed by atoms with E-state index in [1.54, 1.807) is 0 Å². The largest absolute Gasteiger partial charge is 0.327 e. The zero-order chi connectivity index (χ0) is 11.5. The minimum atomic E-state index is -3.77. The Labute approximate surface area is 95.4 Å². The first-order valence-corrected chi connectivity index (χ1v) is 6.24. The molecule has 0 aliphatic heterocycles. The van der Waals surface area contributed by atoms with Gasteiger partial charge < -0.3 is 4.98 Å². The lowest BCUT2D eigenvalue weighted by atomic mass is 10.5. The van der Waals surface area contributed by atoms with E-state index in [2.05, 4.69) is 32.2 Å². The first kappa shape index (κ1) is 12.2. The van der Waals surface area contributed by atoms with Crippen molar-refractivity contribution in [1.29, 1.82) is 0 Å². The first-order chi connectivity index (χ1) is 6.97. The van der Waals surface area contributed by atoms with Crippen LogP contribution in [0.3, 0.4) is 0 Å². The Kier molecular flexibility index (Phi) is 3.83. The van der Waals surface area contributed by atoms with Crippen molar-refractivity contribution in [1.82, 2.24) is 9.71 Å². The molecule has 1 heterocycles. The molecule has 1 aromatic heterocycles. The minimum Gasteiger partial charge on any atom is -0.327 e. The lowest BCUT2D eigenvalue weighted by Gasteiger charge is -2.03. The maximum absolute atomic E-state index is 11.6. The number of sulfonamides is 1. The summed E-state index contributed by atoms with van der Waals surface area (Å²) in [5.41, 5.74) is -0.658. The number of pyridine rings is 1. The lowest BCUT2D eigenvalue weighted by Crippen LogP contribution is -2.29. The third kappa shape index (κ3) is 3.01. The third-order valence-electron chi connectivity index (χ3n) is 1.54. The van der Waals surface area contributed by atoms with Gasteiger partial charge in [-0.25, -0.2) is 13.1 Å². The molecule has 0 aliphatic rings. The molecule has 0 unspecified atom stereocenters. The van der Waals surface area contributed by atoms with Gasteiger partial charge in [0.1, 0.15) is 4.90 Å². The number of hydrogen-bond donors (Lipinski definition) is 2. The second-order valence-electron chi connectivity index (χ2n) is 2.65. The highest BCUT2D eigenvalue weighted by Crippen LogP contribution is 2.10. The van der Waals surface area contributed by atoms with Crippen molar-refractivity contribution < 1.29 is 8.42 Å². The monoisotopic (exact) mass is 292 g/mol. The first-order valence-electron chi connectivity index (χ1n) is 3.96. The molecule has 0 bridgehead atoms. The van der Waals surface area contributed by atoms with E-state index in [0.717, 1.165) is 0 Å². The van der Waals surface area contributed by atoms with Gasteiger partial charge >= 0.3 is 0 Å². The average molecular weight is 293 g/mol. The molecule has 0 amide bonds. The van der Waals surface area contributed by atoms with Crippen LogP contribution in [0.5, 0.6) is 0 Å². The van der Waals surface area contributed by atoms with Crippen molar-refractivity contribution in [3.63, 3.8) is 0 Å². The van der Waals surface area contributed by atoms with Gasteiger partial charge in [-0.1, -0.05) is 6.08 Å². The van der Waals surface area contributed by atoms with Gasteiger partial charge in [0.2, 0.25) is 10.0 Å². The molecule has 0 saturated carbocycles. The van der Waals surface area contributed by atoms with E-state index in [1.165, 1.54) is 18.3 Å². The molecule has 5 nitrogen and oxygen atoms in total. The normalized spacial score (nSPS) is 11.3. The summed E-state index contributed by atoms with van der Waals surface area (Å²) in [4.78, 5) is 13.2. The molecule has 0 atom stereocenters. The van der Waals surface area contributed by atoms with E-state index in [0.29, 0.717) is 4.47 Å². The Bertz CT molecular complexity index is 521. The molecule has 0 aliphatic carbocycles. The summed E-state index contributed by atoms with van der Waals surface area (Å²) in [6.07, 6.45) is 2.76. The lowest BCUT2D eigenvalue weighted by molar-refractivity contribution is 0.584. The van der Waals surface area contributed by atoms with Gasteiger partial charge in [0.25, 0.3) is 5.56 Å². The Balaban J connectivity index is 3.20. The maximum atomic E-state index is 11.6. The van der Waals surface area contributed by atoms with Gasteiger partial charge in [0.15, 0.2) is 0 Å². The summed E-state index contributed by atoms with van der Waals surface area (Å²) in [5.74, 6) is 0. The van der Waals surface area contributed by atoms with Gasteiger partial charge in [0.05, 0.1) is 0 Å². The molecule has 82 valence electrons. The highest BCUT2D eigenvalue weighted by atomic mass is 79.9. The Hall–Kier alpha value is -0.920. The fraction of sp³-hybridized carbons (Fsp3) is 0.125. The molecule has 0 fully saturated rings. The third-order valence-corrected chi connectivity index (χ3v) is 3.43. The summed E-state index contributed by atoms with van der Waals surface area (Å²) in [5, 5.41) is 0. The smallest absolute Gasteiger partial charge is 0.268 e. The topological polar surface area (TPSA) is 79.0 Å². The summed E-state index contributed by atoms with van der Waals surface area (Å²) >= 11 is 3.07.